The molecule has 0 aliphatic carbocycles. The van der Waals surface area contributed by atoms with E-state index in [1.54, 1.807) is 82.4 Å². The Kier molecular flexibility index (Phi) is 9.13. The molecule has 1 heterocycles. The zero-order valence-corrected chi connectivity index (χ0v) is 25.0. The summed E-state index contributed by atoms with van der Waals surface area (Å²) < 4.78 is 35.8. The number of nitrogens with one attached hydrogen (secondary N) is 1. The number of carbonyl (C=O) groups is 3. The van der Waals surface area contributed by atoms with E-state index in [0.29, 0.717) is 33.6 Å². The van der Waals surface area contributed by atoms with E-state index in [0.717, 1.165) is 15.4 Å². The molecular weight excluding hydrogens is 558 g/mol. The summed E-state index contributed by atoms with van der Waals surface area (Å²) >= 11 is -2.70. The Labute approximate surface area is 246 Å². The standard InChI is InChI=1S/C31H33N3O7S/c1-18(2)28(31(37)40-6)34(42(38)39)24-16-12-22(13-17-24)21-10-14-23(15-11-21)32-30(36)29-19(3)27-25(33(5)20(4)35)8-7-9-26(27)41-29/h7-18,28H,1-6H3,(H,32,36)(H,38,39)/p-1. The molecule has 1 N–H and O–H groups in total. The largest absolute Gasteiger partial charge is 0.755 e. The van der Waals surface area contributed by atoms with Crippen LogP contribution in [0.15, 0.2) is 71.1 Å². The molecule has 42 heavy (non-hydrogen) atoms. The summed E-state index contributed by atoms with van der Waals surface area (Å²) in [7, 11) is 2.89. The number of rotatable bonds is 9. The molecule has 0 bridgehead atoms. The molecule has 2 unspecified atom stereocenters. The van der Waals surface area contributed by atoms with Crippen molar-refractivity contribution < 1.29 is 32.3 Å². The van der Waals surface area contributed by atoms with Gasteiger partial charge in [-0.1, -0.05) is 44.2 Å². The van der Waals surface area contributed by atoms with Crippen LogP contribution in [0.1, 0.15) is 36.9 Å². The number of amides is 2. The van der Waals surface area contributed by atoms with Crippen LogP contribution in [-0.4, -0.2) is 46.7 Å². The smallest absolute Gasteiger partial charge is 0.329 e. The lowest BCUT2D eigenvalue weighted by Gasteiger charge is -2.35. The number of hydrogen-bond acceptors (Lipinski definition) is 7. The molecule has 0 aliphatic rings. The second-order valence-corrected chi connectivity index (χ2v) is 10.9. The number of anilines is 3. The first kappa shape index (κ1) is 30.5. The maximum Gasteiger partial charge on any atom is 0.329 e. The second-order valence-electron chi connectivity index (χ2n) is 10.1. The van der Waals surface area contributed by atoms with Crippen molar-refractivity contribution in [3.63, 3.8) is 0 Å². The highest BCUT2D eigenvalue weighted by Gasteiger charge is 2.31. The number of aryl methyl sites for hydroxylation is 1. The van der Waals surface area contributed by atoms with Crippen molar-refractivity contribution in [3.05, 3.63) is 78.1 Å². The van der Waals surface area contributed by atoms with Gasteiger partial charge in [-0.2, -0.15) is 0 Å². The summed E-state index contributed by atoms with van der Waals surface area (Å²) in [6, 6.07) is 18.2. The van der Waals surface area contributed by atoms with E-state index in [-0.39, 0.29) is 17.6 Å². The minimum absolute atomic E-state index is 0.137. The number of nitrogens with zero attached hydrogens (tertiary/aromatic N) is 2. The number of esters is 1. The zero-order chi connectivity index (χ0) is 30.7. The molecule has 0 saturated carbocycles. The molecule has 11 heteroatoms. The van der Waals surface area contributed by atoms with Crippen molar-refractivity contribution in [2.45, 2.75) is 33.7 Å². The number of methoxy groups -OCH3 is 1. The lowest BCUT2D eigenvalue weighted by molar-refractivity contribution is -0.143. The first-order chi connectivity index (χ1) is 19.9. The van der Waals surface area contributed by atoms with Crippen LogP contribution in [0.2, 0.25) is 0 Å². The van der Waals surface area contributed by atoms with Crippen LogP contribution in [0, 0.1) is 12.8 Å². The summed E-state index contributed by atoms with van der Waals surface area (Å²) in [5, 5.41) is 3.55. The van der Waals surface area contributed by atoms with Crippen LogP contribution in [0.4, 0.5) is 17.1 Å². The number of furan rings is 1. The highest BCUT2D eigenvalue weighted by molar-refractivity contribution is 7.80. The van der Waals surface area contributed by atoms with Crippen LogP contribution in [0.25, 0.3) is 22.1 Å². The van der Waals surface area contributed by atoms with Crippen molar-refractivity contribution in [2.24, 2.45) is 5.92 Å². The van der Waals surface area contributed by atoms with Crippen LogP contribution in [0.3, 0.4) is 0 Å². The van der Waals surface area contributed by atoms with Gasteiger partial charge < -0.3 is 23.9 Å². The van der Waals surface area contributed by atoms with Gasteiger partial charge in [-0.15, -0.1) is 0 Å². The number of hydrogen-bond donors (Lipinski definition) is 1. The molecule has 220 valence electrons. The lowest BCUT2D eigenvalue weighted by atomic mass is 10.0. The van der Waals surface area contributed by atoms with E-state index in [9.17, 15) is 23.1 Å². The van der Waals surface area contributed by atoms with Gasteiger partial charge in [0.1, 0.15) is 11.6 Å². The van der Waals surface area contributed by atoms with Gasteiger partial charge in [0.25, 0.3) is 5.91 Å². The van der Waals surface area contributed by atoms with Gasteiger partial charge in [0.2, 0.25) is 5.91 Å². The van der Waals surface area contributed by atoms with Crippen molar-refractivity contribution in [2.75, 3.05) is 28.7 Å². The monoisotopic (exact) mass is 590 g/mol. The molecule has 0 spiro atoms. The van der Waals surface area contributed by atoms with Gasteiger partial charge in [0.05, 0.1) is 12.8 Å². The fourth-order valence-corrected chi connectivity index (χ4v) is 5.59. The topological polar surface area (TPSA) is 132 Å². The van der Waals surface area contributed by atoms with Crippen molar-refractivity contribution >= 4 is 57.1 Å². The third-order valence-electron chi connectivity index (χ3n) is 7.06. The molecule has 0 aliphatic heterocycles. The molecule has 2 atom stereocenters. The Morgan fingerprint density at radius 2 is 1.57 bits per heavy atom. The zero-order valence-electron chi connectivity index (χ0n) is 24.2. The van der Waals surface area contributed by atoms with Gasteiger partial charge in [-0.3, -0.25) is 18.1 Å². The first-order valence-corrected chi connectivity index (χ1v) is 14.2. The highest BCUT2D eigenvalue weighted by Crippen LogP contribution is 2.34. The average molecular weight is 591 g/mol. The summed E-state index contributed by atoms with van der Waals surface area (Å²) in [5.41, 5.74) is 4.31. The average Bonchev–Trinajstić information content (AvgIpc) is 3.31. The third kappa shape index (κ3) is 6.07. The van der Waals surface area contributed by atoms with E-state index in [4.69, 9.17) is 9.15 Å². The summed E-state index contributed by atoms with van der Waals surface area (Å²) in [5.74, 6) is -1.36. The summed E-state index contributed by atoms with van der Waals surface area (Å²) in [6.45, 7) is 6.74. The molecule has 4 aromatic rings. The number of ether oxygens (including phenoxy) is 1. The fourth-order valence-electron chi connectivity index (χ4n) is 4.78. The number of benzene rings is 3. The lowest BCUT2D eigenvalue weighted by Crippen LogP contribution is -2.46. The summed E-state index contributed by atoms with van der Waals surface area (Å²) in [4.78, 5) is 38.9. The third-order valence-corrected chi connectivity index (χ3v) is 7.82. The first-order valence-electron chi connectivity index (χ1n) is 13.2. The SMILES string of the molecule is COC(=O)C(C(C)C)N(c1ccc(-c2ccc(NC(=O)c3oc4cccc(N(C)C(C)=O)c4c3C)cc2)cc1)S(=O)[O-]. The van der Waals surface area contributed by atoms with E-state index in [1.807, 2.05) is 12.1 Å². The fraction of sp³-hybridized carbons (Fsp3) is 0.258. The molecule has 4 rings (SSSR count). The maximum absolute atomic E-state index is 13.1. The van der Waals surface area contributed by atoms with Gasteiger partial charge in [0.15, 0.2) is 5.76 Å². The molecule has 0 saturated heterocycles. The van der Waals surface area contributed by atoms with E-state index in [1.165, 1.54) is 18.9 Å². The molecule has 10 nitrogen and oxygen atoms in total. The highest BCUT2D eigenvalue weighted by atomic mass is 32.2. The van der Waals surface area contributed by atoms with Gasteiger partial charge in [-0.25, -0.2) is 4.79 Å². The Morgan fingerprint density at radius 3 is 2.10 bits per heavy atom. The Hall–Kier alpha value is -4.48. The van der Waals surface area contributed by atoms with Crippen LogP contribution >= 0.6 is 0 Å². The van der Waals surface area contributed by atoms with Gasteiger partial charge in [0, 0.05) is 47.6 Å². The molecular formula is C31H32N3O7S-. The van der Waals surface area contributed by atoms with Crippen LogP contribution in [-0.2, 0) is 25.6 Å². The van der Waals surface area contributed by atoms with Crippen molar-refractivity contribution in [1.29, 1.82) is 0 Å². The van der Waals surface area contributed by atoms with Gasteiger partial charge >= 0.3 is 5.97 Å². The van der Waals surface area contributed by atoms with Crippen molar-refractivity contribution in [1.82, 2.24) is 0 Å². The Bertz CT molecular complexity index is 1650. The molecule has 0 radical (unpaired) electrons. The van der Waals surface area contributed by atoms with E-state index >= 15 is 0 Å². The normalized spacial score (nSPS) is 12.6. The minimum atomic E-state index is -2.70. The summed E-state index contributed by atoms with van der Waals surface area (Å²) in [6.07, 6.45) is 0. The molecule has 3 aromatic carbocycles. The predicted octanol–water partition coefficient (Wildman–Crippen LogP) is 5.44. The molecule has 0 fully saturated rings. The number of carbonyl (C=O) groups excluding carboxylic acids is 3. The number of fused-ring (bicyclic) bond motifs is 1. The maximum atomic E-state index is 13.1. The van der Waals surface area contributed by atoms with E-state index < -0.39 is 29.2 Å². The minimum Gasteiger partial charge on any atom is -0.755 e. The van der Waals surface area contributed by atoms with Crippen LogP contribution < -0.4 is 14.5 Å². The Balaban J connectivity index is 1.53. The second kappa shape index (κ2) is 12.6. The van der Waals surface area contributed by atoms with E-state index in [2.05, 4.69) is 5.32 Å². The molecule has 1 aromatic heterocycles. The molecule has 2 amide bonds. The predicted molar refractivity (Wildman–Crippen MR) is 162 cm³/mol. The quantitative estimate of drug-likeness (QED) is 0.203. The van der Waals surface area contributed by atoms with Gasteiger partial charge in [-0.05, 0) is 60.4 Å². The van der Waals surface area contributed by atoms with Crippen molar-refractivity contribution in [3.8, 4) is 11.1 Å². The Morgan fingerprint density at radius 1 is 0.976 bits per heavy atom. The van der Waals surface area contributed by atoms with Crippen LogP contribution in [0.5, 0.6) is 0 Å².